The molecule has 2 heterocycles. The van der Waals surface area contributed by atoms with Gasteiger partial charge in [0.1, 0.15) is 10.5 Å². The maximum atomic E-state index is 10.9. The standard InChI is InChI=1S/C9H6BrClN2O3/c1-16-5-3-2-4(10)8-6(11)7(9(14)15)12-13(5)8/h2-3H,1H3,(H,14,15). The number of carboxylic acids is 1. The number of aromatic nitrogens is 2. The Morgan fingerprint density at radius 2 is 2.31 bits per heavy atom. The van der Waals surface area contributed by atoms with Crippen molar-refractivity contribution in [1.29, 1.82) is 0 Å². The number of nitrogens with zero attached hydrogens (tertiary/aromatic N) is 2. The molecule has 16 heavy (non-hydrogen) atoms. The van der Waals surface area contributed by atoms with E-state index in [0.717, 1.165) is 0 Å². The van der Waals surface area contributed by atoms with Crippen LogP contribution in [-0.4, -0.2) is 27.8 Å². The van der Waals surface area contributed by atoms with Crippen LogP contribution in [0.3, 0.4) is 0 Å². The molecule has 0 aliphatic heterocycles. The van der Waals surface area contributed by atoms with Crippen LogP contribution in [0.15, 0.2) is 16.6 Å². The molecule has 1 N–H and O–H groups in total. The van der Waals surface area contributed by atoms with Crippen molar-refractivity contribution in [3.05, 3.63) is 27.3 Å². The molecule has 2 aromatic rings. The molecular formula is C9H6BrClN2O3. The second-order valence-corrected chi connectivity index (χ2v) is 4.18. The fraction of sp³-hybridized carbons (Fsp3) is 0.111. The Labute approximate surface area is 104 Å². The third kappa shape index (κ3) is 1.54. The van der Waals surface area contributed by atoms with Gasteiger partial charge in [-0.2, -0.15) is 9.61 Å². The maximum absolute atomic E-state index is 10.9. The van der Waals surface area contributed by atoms with Crippen molar-refractivity contribution >= 4 is 39.0 Å². The van der Waals surface area contributed by atoms with E-state index >= 15 is 0 Å². The molecule has 0 aliphatic rings. The number of fused-ring (bicyclic) bond motifs is 1. The Morgan fingerprint density at radius 1 is 1.62 bits per heavy atom. The Hall–Kier alpha value is -1.27. The van der Waals surface area contributed by atoms with E-state index in [1.807, 2.05) is 0 Å². The van der Waals surface area contributed by atoms with Crippen LogP contribution in [0.5, 0.6) is 5.88 Å². The molecule has 0 unspecified atom stereocenters. The predicted molar refractivity (Wildman–Crippen MR) is 61.4 cm³/mol. The van der Waals surface area contributed by atoms with E-state index in [-0.39, 0.29) is 10.7 Å². The van der Waals surface area contributed by atoms with E-state index in [2.05, 4.69) is 21.0 Å². The van der Waals surface area contributed by atoms with Crippen LogP contribution in [-0.2, 0) is 0 Å². The second-order valence-electron chi connectivity index (χ2n) is 2.95. The van der Waals surface area contributed by atoms with Crippen molar-refractivity contribution in [2.24, 2.45) is 0 Å². The number of ether oxygens (including phenoxy) is 1. The van der Waals surface area contributed by atoms with Gasteiger partial charge in [-0.1, -0.05) is 11.6 Å². The number of pyridine rings is 1. The molecule has 0 amide bonds. The van der Waals surface area contributed by atoms with Crippen molar-refractivity contribution in [3.8, 4) is 5.88 Å². The van der Waals surface area contributed by atoms with Gasteiger partial charge in [0.2, 0.25) is 5.88 Å². The van der Waals surface area contributed by atoms with E-state index in [1.54, 1.807) is 12.1 Å². The zero-order chi connectivity index (χ0) is 11.9. The highest BCUT2D eigenvalue weighted by Crippen LogP contribution is 2.31. The lowest BCUT2D eigenvalue weighted by Crippen LogP contribution is -2.00. The molecule has 0 aromatic carbocycles. The monoisotopic (exact) mass is 304 g/mol. The summed E-state index contributed by atoms with van der Waals surface area (Å²) in [6, 6.07) is 3.37. The lowest BCUT2D eigenvalue weighted by molar-refractivity contribution is 0.0690. The van der Waals surface area contributed by atoms with Gasteiger partial charge in [-0.05, 0) is 22.0 Å². The number of aromatic carboxylic acids is 1. The molecule has 0 aliphatic carbocycles. The summed E-state index contributed by atoms with van der Waals surface area (Å²) < 4.78 is 7.05. The van der Waals surface area contributed by atoms with Gasteiger partial charge in [0.15, 0.2) is 5.69 Å². The first-order chi connectivity index (χ1) is 7.56. The molecule has 0 radical (unpaired) electrons. The van der Waals surface area contributed by atoms with E-state index in [0.29, 0.717) is 15.9 Å². The number of halogens is 2. The van der Waals surface area contributed by atoms with Gasteiger partial charge in [0, 0.05) is 10.5 Å². The van der Waals surface area contributed by atoms with Crippen LogP contribution in [0, 0.1) is 0 Å². The van der Waals surface area contributed by atoms with Crippen LogP contribution in [0.25, 0.3) is 5.52 Å². The van der Waals surface area contributed by atoms with E-state index in [1.165, 1.54) is 11.6 Å². The lowest BCUT2D eigenvalue weighted by Gasteiger charge is -2.03. The molecule has 84 valence electrons. The molecule has 7 heteroatoms. The Balaban J connectivity index is 2.89. The van der Waals surface area contributed by atoms with Crippen LogP contribution in [0.4, 0.5) is 0 Å². The maximum Gasteiger partial charge on any atom is 0.358 e. The summed E-state index contributed by atoms with van der Waals surface area (Å²) in [5.41, 5.74) is 0.269. The van der Waals surface area contributed by atoms with E-state index in [4.69, 9.17) is 21.4 Å². The Bertz CT molecular complexity index is 582. The average Bonchev–Trinajstić information content (AvgIpc) is 2.58. The van der Waals surface area contributed by atoms with Crippen molar-refractivity contribution in [2.75, 3.05) is 7.11 Å². The summed E-state index contributed by atoms with van der Waals surface area (Å²) in [5.74, 6) is -0.768. The topological polar surface area (TPSA) is 63.8 Å². The number of hydrogen-bond acceptors (Lipinski definition) is 3. The Kier molecular flexibility index (Phi) is 2.77. The SMILES string of the molecule is COc1ccc(Br)c2c(Cl)c(C(=O)O)nn12. The third-order valence-electron chi connectivity index (χ3n) is 2.05. The highest BCUT2D eigenvalue weighted by molar-refractivity contribution is 9.10. The molecule has 0 bridgehead atoms. The summed E-state index contributed by atoms with van der Waals surface area (Å²) in [4.78, 5) is 10.9. The number of carbonyl (C=O) groups is 1. The van der Waals surface area contributed by atoms with Gasteiger partial charge in [0.25, 0.3) is 0 Å². The molecule has 0 spiro atoms. The van der Waals surface area contributed by atoms with E-state index < -0.39 is 5.97 Å². The second kappa shape index (κ2) is 3.95. The molecule has 2 aromatic heterocycles. The number of hydrogen-bond donors (Lipinski definition) is 1. The Morgan fingerprint density at radius 3 is 2.88 bits per heavy atom. The quantitative estimate of drug-likeness (QED) is 0.925. The van der Waals surface area contributed by atoms with Crippen molar-refractivity contribution in [1.82, 2.24) is 9.61 Å². The highest BCUT2D eigenvalue weighted by atomic mass is 79.9. The van der Waals surface area contributed by atoms with Crippen LogP contribution >= 0.6 is 27.5 Å². The molecule has 0 fully saturated rings. The summed E-state index contributed by atoms with van der Waals surface area (Å²) in [6.45, 7) is 0. The zero-order valence-corrected chi connectivity index (χ0v) is 10.4. The smallest absolute Gasteiger partial charge is 0.358 e. The fourth-order valence-electron chi connectivity index (χ4n) is 1.35. The van der Waals surface area contributed by atoms with Crippen LogP contribution in [0.2, 0.25) is 5.02 Å². The summed E-state index contributed by atoms with van der Waals surface area (Å²) in [7, 11) is 1.47. The van der Waals surface area contributed by atoms with Crippen LogP contribution in [0.1, 0.15) is 10.5 Å². The van der Waals surface area contributed by atoms with Crippen LogP contribution < -0.4 is 4.74 Å². The normalized spacial score (nSPS) is 10.7. The molecule has 5 nitrogen and oxygen atoms in total. The minimum Gasteiger partial charge on any atom is -0.481 e. The molecule has 2 rings (SSSR count). The molecule has 0 atom stereocenters. The minimum atomic E-state index is -1.18. The van der Waals surface area contributed by atoms with Gasteiger partial charge in [-0.15, -0.1) is 0 Å². The van der Waals surface area contributed by atoms with Crippen molar-refractivity contribution < 1.29 is 14.6 Å². The first-order valence-corrected chi connectivity index (χ1v) is 5.37. The third-order valence-corrected chi connectivity index (χ3v) is 3.04. The van der Waals surface area contributed by atoms with E-state index in [9.17, 15) is 4.79 Å². The van der Waals surface area contributed by atoms with Gasteiger partial charge in [0.05, 0.1) is 7.11 Å². The van der Waals surface area contributed by atoms with Gasteiger partial charge >= 0.3 is 5.97 Å². The van der Waals surface area contributed by atoms with Crippen molar-refractivity contribution in [3.63, 3.8) is 0 Å². The molecule has 0 saturated heterocycles. The zero-order valence-electron chi connectivity index (χ0n) is 8.07. The van der Waals surface area contributed by atoms with Gasteiger partial charge in [-0.3, -0.25) is 0 Å². The first-order valence-electron chi connectivity index (χ1n) is 4.20. The number of carboxylic acid groups (broad SMARTS) is 1. The van der Waals surface area contributed by atoms with Crippen molar-refractivity contribution in [2.45, 2.75) is 0 Å². The minimum absolute atomic E-state index is 0.0817. The lowest BCUT2D eigenvalue weighted by atomic mass is 10.3. The molecular weight excluding hydrogens is 299 g/mol. The summed E-state index contributed by atoms with van der Waals surface area (Å²) >= 11 is 9.22. The number of rotatable bonds is 2. The summed E-state index contributed by atoms with van der Waals surface area (Å²) in [6.07, 6.45) is 0. The first kappa shape index (κ1) is 11.2. The number of methoxy groups -OCH3 is 1. The fourth-order valence-corrected chi connectivity index (χ4v) is 2.26. The summed E-state index contributed by atoms with van der Waals surface area (Å²) in [5, 5.41) is 12.9. The predicted octanol–water partition coefficient (Wildman–Crippen LogP) is 2.46. The average molecular weight is 306 g/mol. The van der Waals surface area contributed by atoms with Gasteiger partial charge in [-0.25, -0.2) is 4.79 Å². The molecule has 0 saturated carbocycles. The highest BCUT2D eigenvalue weighted by Gasteiger charge is 2.20. The largest absolute Gasteiger partial charge is 0.481 e. The van der Waals surface area contributed by atoms with Gasteiger partial charge < -0.3 is 9.84 Å².